The van der Waals surface area contributed by atoms with E-state index >= 15 is 0 Å². The van der Waals surface area contributed by atoms with Gasteiger partial charge in [0, 0.05) is 81.4 Å². The fourth-order valence-corrected chi connectivity index (χ4v) is 11.1. The number of rotatable bonds is 16. The largest absolute Gasteiger partial charge is 0.489 e. The van der Waals surface area contributed by atoms with E-state index in [4.69, 9.17) is 21.1 Å². The number of nitriles is 1. The van der Waals surface area contributed by atoms with E-state index in [1.54, 1.807) is 30.5 Å². The van der Waals surface area contributed by atoms with E-state index in [1.807, 2.05) is 39.0 Å². The first-order chi connectivity index (χ1) is 32.3. The molecular formula is C52H69ClN8O7. The minimum absolute atomic E-state index is 0.00762. The Kier molecular flexibility index (Phi) is 15.7. The third-order valence-corrected chi connectivity index (χ3v) is 14.8. The van der Waals surface area contributed by atoms with Crippen molar-refractivity contribution < 1.29 is 33.8 Å². The van der Waals surface area contributed by atoms with Gasteiger partial charge in [-0.1, -0.05) is 97.2 Å². The van der Waals surface area contributed by atoms with Gasteiger partial charge in [-0.3, -0.25) is 24.1 Å². The number of aliphatic hydroxyl groups is 1. The lowest BCUT2D eigenvalue weighted by Crippen LogP contribution is -2.74. The van der Waals surface area contributed by atoms with Crippen LogP contribution in [0.25, 0.3) is 0 Å². The SMILES string of the molecule is CC1(C)C(NC(=O)c2ccc(N3CCN(CCOCC(=O)N[C@H](C(=O)N4C[C@H](O)C[C@H]4C(=O)NCc4ccc(C5CCCC5)cc4)C(C)(C)C)CC3)nc2)C(C)(C)C1Oc1ccc(C#N)c(Cl)c1. The predicted octanol–water partition coefficient (Wildman–Crippen LogP) is 5.82. The molecule has 0 spiro atoms. The number of pyridine rings is 1. The summed E-state index contributed by atoms with van der Waals surface area (Å²) in [7, 11) is 0. The number of likely N-dealkylation sites (tertiary alicyclic amines) is 1. The van der Waals surface area contributed by atoms with Crippen LogP contribution in [0, 0.1) is 27.6 Å². The van der Waals surface area contributed by atoms with Gasteiger partial charge in [-0.15, -0.1) is 0 Å². The molecule has 0 unspecified atom stereocenters. The zero-order valence-corrected chi connectivity index (χ0v) is 41.4. The highest BCUT2D eigenvalue weighted by Gasteiger charge is 2.64. The van der Waals surface area contributed by atoms with Gasteiger partial charge in [0.05, 0.1) is 28.9 Å². The maximum absolute atomic E-state index is 14.0. The van der Waals surface area contributed by atoms with E-state index in [9.17, 15) is 29.5 Å². The summed E-state index contributed by atoms with van der Waals surface area (Å²) in [5, 5.41) is 29.2. The summed E-state index contributed by atoms with van der Waals surface area (Å²) in [5.74, 6) is 0.579. The summed E-state index contributed by atoms with van der Waals surface area (Å²) < 4.78 is 12.2. The highest BCUT2D eigenvalue weighted by Crippen LogP contribution is 2.55. The fourth-order valence-electron chi connectivity index (χ4n) is 10.9. The number of amides is 4. The van der Waals surface area contributed by atoms with Gasteiger partial charge in [0.2, 0.25) is 17.7 Å². The molecule has 2 aliphatic heterocycles. The molecule has 4 aliphatic rings. The smallest absolute Gasteiger partial charge is 0.253 e. The number of carbonyl (C=O) groups is 4. The molecule has 2 aromatic carbocycles. The number of aliphatic hydroxyl groups excluding tert-OH is 1. The molecule has 3 aromatic rings. The van der Waals surface area contributed by atoms with E-state index in [0.717, 1.165) is 37.6 Å². The van der Waals surface area contributed by atoms with Crippen LogP contribution in [0.3, 0.4) is 0 Å². The summed E-state index contributed by atoms with van der Waals surface area (Å²) in [6.07, 6.45) is 5.64. The van der Waals surface area contributed by atoms with E-state index in [1.165, 1.54) is 36.1 Å². The van der Waals surface area contributed by atoms with Crippen LogP contribution in [-0.2, 0) is 25.7 Å². The Morgan fingerprint density at radius 1 is 0.971 bits per heavy atom. The monoisotopic (exact) mass is 952 g/mol. The molecule has 0 bridgehead atoms. The van der Waals surface area contributed by atoms with Crippen molar-refractivity contribution in [2.75, 3.05) is 57.4 Å². The third-order valence-electron chi connectivity index (χ3n) is 14.5. The maximum atomic E-state index is 14.0. The highest BCUT2D eigenvalue weighted by molar-refractivity contribution is 6.31. The molecule has 2 aliphatic carbocycles. The molecule has 0 radical (unpaired) electrons. The Balaban J connectivity index is 0.819. The van der Waals surface area contributed by atoms with Crippen LogP contribution >= 0.6 is 11.6 Å². The van der Waals surface area contributed by atoms with Gasteiger partial charge >= 0.3 is 0 Å². The van der Waals surface area contributed by atoms with E-state index in [2.05, 4.69) is 76.6 Å². The molecule has 3 atom stereocenters. The van der Waals surface area contributed by atoms with Gasteiger partial charge in [0.1, 0.15) is 42.4 Å². The molecule has 4 amide bonds. The van der Waals surface area contributed by atoms with Gasteiger partial charge in [-0.25, -0.2) is 4.98 Å². The van der Waals surface area contributed by atoms with Crippen molar-refractivity contribution in [3.05, 3.63) is 88.1 Å². The van der Waals surface area contributed by atoms with Crippen molar-refractivity contribution >= 4 is 41.0 Å². The first kappa shape index (κ1) is 50.6. The van der Waals surface area contributed by atoms with Crippen LogP contribution in [0.5, 0.6) is 5.75 Å². The van der Waals surface area contributed by atoms with E-state index in [0.29, 0.717) is 47.5 Å². The number of piperazine rings is 1. The molecule has 2 saturated heterocycles. The van der Waals surface area contributed by atoms with E-state index < -0.39 is 46.2 Å². The second kappa shape index (κ2) is 21.2. The lowest BCUT2D eigenvalue weighted by Gasteiger charge is -2.63. The van der Waals surface area contributed by atoms with Crippen molar-refractivity contribution in [3.63, 3.8) is 0 Å². The summed E-state index contributed by atoms with van der Waals surface area (Å²) in [6.45, 7) is 17.8. The topological polar surface area (TPSA) is 189 Å². The van der Waals surface area contributed by atoms with Gasteiger partial charge < -0.3 is 40.3 Å². The number of benzene rings is 2. The molecule has 16 heteroatoms. The number of ether oxygens (including phenoxy) is 2. The molecule has 2 saturated carbocycles. The highest BCUT2D eigenvalue weighted by atomic mass is 35.5. The molecule has 3 heterocycles. The summed E-state index contributed by atoms with van der Waals surface area (Å²) in [6, 6.07) is 17.2. The Morgan fingerprint density at radius 3 is 2.28 bits per heavy atom. The quantitative estimate of drug-likeness (QED) is 0.127. The Hall–Kier alpha value is -5.27. The van der Waals surface area contributed by atoms with Crippen molar-refractivity contribution in [1.29, 1.82) is 5.26 Å². The minimum atomic E-state index is -0.940. The summed E-state index contributed by atoms with van der Waals surface area (Å²) in [5.41, 5.74) is 1.68. The molecule has 1 aromatic heterocycles. The van der Waals surface area contributed by atoms with Crippen molar-refractivity contribution in [2.45, 2.75) is 123 Å². The summed E-state index contributed by atoms with van der Waals surface area (Å²) in [4.78, 5) is 64.7. The number of hydrogen-bond acceptors (Lipinski definition) is 11. The van der Waals surface area contributed by atoms with Crippen LogP contribution in [0.4, 0.5) is 5.82 Å². The summed E-state index contributed by atoms with van der Waals surface area (Å²) >= 11 is 6.25. The molecule has 7 rings (SSSR count). The number of carbonyl (C=O) groups excluding carboxylic acids is 4. The second-order valence-corrected chi connectivity index (χ2v) is 21.7. The zero-order chi connectivity index (χ0) is 49.0. The number of aromatic nitrogens is 1. The lowest BCUT2D eigenvalue weighted by molar-refractivity contribution is -0.164. The standard InChI is InChI=1S/C52H69ClN8O7/c1-50(2,3)44(47(66)61-31-38(62)26-41(61)46(65)56-29-33-12-14-35(15-13-33)34-10-8-9-11-34)57-43(63)32-67-25-24-59-20-22-60(23-21-59)42-19-17-37(30-55-42)45(64)58-48-51(4,5)49(52(48,6)7)68-39-18-16-36(28-54)40(53)27-39/h12-19,27,30,34,38,41,44,48-49,62H,8-11,20-26,29,31-32H2,1-7H3,(H,56,65)(H,57,63)(H,58,64)/t38-,41+,44-,48?,49?/m1/s1. The van der Waals surface area contributed by atoms with Crippen molar-refractivity contribution in [1.82, 2.24) is 30.7 Å². The van der Waals surface area contributed by atoms with Crippen LogP contribution in [0.1, 0.15) is 114 Å². The van der Waals surface area contributed by atoms with Crippen LogP contribution in [0.2, 0.25) is 5.02 Å². The lowest BCUT2D eigenvalue weighted by atomic mass is 9.49. The minimum Gasteiger partial charge on any atom is -0.489 e. The van der Waals surface area contributed by atoms with Crippen LogP contribution < -0.4 is 25.6 Å². The number of nitrogens with one attached hydrogen (secondary N) is 3. The molecule has 4 N–H and O–H groups in total. The molecule has 4 fully saturated rings. The van der Waals surface area contributed by atoms with Gasteiger partial charge in [-0.2, -0.15) is 5.26 Å². The Morgan fingerprint density at radius 2 is 1.66 bits per heavy atom. The number of halogens is 1. The van der Waals surface area contributed by atoms with Crippen LogP contribution in [-0.4, -0.2) is 126 Å². The fraction of sp³-hybridized carbons (Fsp3) is 0.577. The first-order valence-electron chi connectivity index (χ1n) is 24.1. The number of hydrogen-bond donors (Lipinski definition) is 4. The maximum Gasteiger partial charge on any atom is 0.253 e. The Labute approximate surface area is 406 Å². The average molecular weight is 954 g/mol. The Bertz CT molecular complexity index is 2300. The molecule has 15 nitrogen and oxygen atoms in total. The van der Waals surface area contributed by atoms with Gasteiger partial charge in [-0.05, 0) is 59.6 Å². The second-order valence-electron chi connectivity index (χ2n) is 21.3. The normalized spacial score (nSPS) is 23.0. The predicted molar refractivity (Wildman–Crippen MR) is 260 cm³/mol. The zero-order valence-electron chi connectivity index (χ0n) is 40.6. The number of β-amino-alcohol motifs (C(OH)–C–C–N with tert-alkyl or cyclic N) is 1. The average Bonchev–Trinajstić information content (AvgIpc) is 4.00. The number of nitrogens with zero attached hydrogens (tertiary/aromatic N) is 5. The van der Waals surface area contributed by atoms with Crippen molar-refractivity contribution in [2.24, 2.45) is 16.2 Å². The van der Waals surface area contributed by atoms with E-state index in [-0.39, 0.29) is 43.5 Å². The number of anilines is 1. The van der Waals surface area contributed by atoms with Gasteiger partial charge in [0.15, 0.2) is 0 Å². The molecule has 366 valence electrons. The first-order valence-corrected chi connectivity index (χ1v) is 24.5. The van der Waals surface area contributed by atoms with Gasteiger partial charge in [0.25, 0.3) is 5.91 Å². The molecular weight excluding hydrogens is 884 g/mol. The third kappa shape index (κ3) is 11.6. The van der Waals surface area contributed by atoms with Crippen LogP contribution in [0.15, 0.2) is 60.8 Å². The molecule has 68 heavy (non-hydrogen) atoms. The van der Waals surface area contributed by atoms with Crippen molar-refractivity contribution in [3.8, 4) is 11.8 Å².